The van der Waals surface area contributed by atoms with Crippen molar-refractivity contribution in [1.82, 2.24) is 0 Å². The first kappa shape index (κ1) is 26.3. The fraction of sp³-hybridized carbons (Fsp3) is 0.594. The molecule has 0 saturated heterocycles. The van der Waals surface area contributed by atoms with Crippen LogP contribution in [0.25, 0.3) is 11.1 Å². The van der Waals surface area contributed by atoms with Crippen molar-refractivity contribution in [2.24, 2.45) is 11.8 Å². The van der Waals surface area contributed by atoms with E-state index in [0.29, 0.717) is 11.8 Å². The molecule has 0 aromatic heterocycles. The zero-order valence-electron chi connectivity index (χ0n) is 21.6. The number of hydrogen-bond donors (Lipinski definition) is 0. The van der Waals surface area contributed by atoms with E-state index in [1.807, 2.05) is 0 Å². The standard InChI is InChI=1S/C32H45NO/c1-3-5-6-7-8-9-10-24-34-32-22-20-29(21-23-32)28-14-12-26(13-15-28)27-16-18-30(19-17-27)31(25-33)11-4-2/h12-15,20-23,27,30-31H,3-11,16-19,24H2,1-2H3/t27-,30-,31?. The quantitative estimate of drug-likeness (QED) is 0.263. The second-order valence-electron chi connectivity index (χ2n) is 10.3. The van der Waals surface area contributed by atoms with E-state index in [0.717, 1.165) is 31.6 Å². The van der Waals surface area contributed by atoms with Crippen molar-refractivity contribution in [3.05, 3.63) is 54.1 Å². The molecule has 0 spiro atoms. The molecule has 184 valence electrons. The minimum absolute atomic E-state index is 0.260. The lowest BCUT2D eigenvalue weighted by Gasteiger charge is -2.31. The van der Waals surface area contributed by atoms with Crippen molar-refractivity contribution in [3.8, 4) is 22.9 Å². The first-order valence-corrected chi connectivity index (χ1v) is 14.0. The summed E-state index contributed by atoms with van der Waals surface area (Å²) in [5.41, 5.74) is 3.97. The van der Waals surface area contributed by atoms with Gasteiger partial charge in [-0.05, 0) is 79.2 Å². The first-order chi connectivity index (χ1) is 16.7. The van der Waals surface area contributed by atoms with E-state index < -0.39 is 0 Å². The Hall–Kier alpha value is -2.27. The van der Waals surface area contributed by atoms with Crippen LogP contribution in [0.15, 0.2) is 48.5 Å². The molecule has 0 N–H and O–H groups in total. The van der Waals surface area contributed by atoms with E-state index in [2.05, 4.69) is 68.4 Å². The van der Waals surface area contributed by atoms with Gasteiger partial charge in [0.15, 0.2) is 0 Å². The maximum Gasteiger partial charge on any atom is 0.119 e. The third kappa shape index (κ3) is 8.19. The Morgan fingerprint density at radius 3 is 1.94 bits per heavy atom. The average molecular weight is 460 g/mol. The number of ether oxygens (including phenoxy) is 1. The minimum atomic E-state index is 0.260. The summed E-state index contributed by atoms with van der Waals surface area (Å²) in [5.74, 6) is 2.48. The summed E-state index contributed by atoms with van der Waals surface area (Å²) >= 11 is 0. The van der Waals surface area contributed by atoms with Crippen LogP contribution in [0.1, 0.15) is 109 Å². The van der Waals surface area contributed by atoms with Crippen LogP contribution in [0, 0.1) is 23.2 Å². The van der Waals surface area contributed by atoms with Gasteiger partial charge in [0.25, 0.3) is 0 Å². The number of hydrogen-bond acceptors (Lipinski definition) is 2. The summed E-state index contributed by atoms with van der Waals surface area (Å²) in [7, 11) is 0. The highest BCUT2D eigenvalue weighted by Gasteiger charge is 2.27. The normalized spacial score (nSPS) is 18.9. The van der Waals surface area contributed by atoms with E-state index in [9.17, 15) is 5.26 Å². The lowest BCUT2D eigenvalue weighted by Crippen LogP contribution is -2.20. The topological polar surface area (TPSA) is 33.0 Å². The van der Waals surface area contributed by atoms with Crippen LogP contribution in [-0.2, 0) is 0 Å². The molecule has 0 amide bonds. The maximum absolute atomic E-state index is 9.49. The summed E-state index contributed by atoms with van der Waals surface area (Å²) in [6.07, 6.45) is 16.2. The summed E-state index contributed by atoms with van der Waals surface area (Å²) in [6.45, 7) is 5.27. The van der Waals surface area contributed by atoms with E-state index in [4.69, 9.17) is 4.74 Å². The number of nitrogens with zero attached hydrogens (tertiary/aromatic N) is 1. The molecule has 2 aromatic carbocycles. The second kappa shape index (κ2) is 14.9. The Bertz CT molecular complexity index is 840. The number of nitriles is 1. The van der Waals surface area contributed by atoms with Crippen molar-refractivity contribution < 1.29 is 4.74 Å². The van der Waals surface area contributed by atoms with E-state index in [-0.39, 0.29) is 5.92 Å². The molecule has 1 aliphatic rings. The van der Waals surface area contributed by atoms with Gasteiger partial charge in [0, 0.05) is 5.92 Å². The van der Waals surface area contributed by atoms with Crippen LogP contribution in [0.4, 0.5) is 0 Å². The average Bonchev–Trinajstić information content (AvgIpc) is 2.89. The van der Waals surface area contributed by atoms with Crippen molar-refractivity contribution in [1.29, 1.82) is 5.26 Å². The highest BCUT2D eigenvalue weighted by Crippen LogP contribution is 2.40. The zero-order chi connectivity index (χ0) is 24.0. The van der Waals surface area contributed by atoms with Gasteiger partial charge >= 0.3 is 0 Å². The summed E-state index contributed by atoms with van der Waals surface area (Å²) in [4.78, 5) is 0. The molecule has 0 heterocycles. The molecule has 2 nitrogen and oxygen atoms in total. The zero-order valence-corrected chi connectivity index (χ0v) is 21.6. The molecule has 1 atom stereocenters. The lowest BCUT2D eigenvalue weighted by molar-refractivity contribution is 0.259. The number of unbranched alkanes of at least 4 members (excludes halogenated alkanes) is 6. The molecule has 0 aliphatic heterocycles. The van der Waals surface area contributed by atoms with E-state index in [1.54, 1.807) is 0 Å². The van der Waals surface area contributed by atoms with Crippen molar-refractivity contribution >= 4 is 0 Å². The minimum Gasteiger partial charge on any atom is -0.494 e. The Kier molecular flexibility index (Phi) is 11.5. The highest BCUT2D eigenvalue weighted by atomic mass is 16.5. The third-order valence-corrected chi connectivity index (χ3v) is 7.69. The van der Waals surface area contributed by atoms with Gasteiger partial charge in [-0.2, -0.15) is 5.26 Å². The molecule has 34 heavy (non-hydrogen) atoms. The lowest BCUT2D eigenvalue weighted by atomic mass is 9.73. The predicted octanol–water partition coefficient (Wildman–Crippen LogP) is 9.70. The Morgan fingerprint density at radius 1 is 0.765 bits per heavy atom. The van der Waals surface area contributed by atoms with Crippen LogP contribution in [0.3, 0.4) is 0 Å². The molecule has 2 heteroatoms. The van der Waals surface area contributed by atoms with Crippen LogP contribution < -0.4 is 4.74 Å². The number of benzene rings is 2. The third-order valence-electron chi connectivity index (χ3n) is 7.69. The summed E-state index contributed by atoms with van der Waals surface area (Å²) < 4.78 is 5.95. The smallest absolute Gasteiger partial charge is 0.119 e. The van der Waals surface area contributed by atoms with Gasteiger partial charge < -0.3 is 4.74 Å². The molecule has 2 aromatic rings. The molecule has 0 bridgehead atoms. The van der Waals surface area contributed by atoms with Gasteiger partial charge in [-0.1, -0.05) is 95.2 Å². The van der Waals surface area contributed by atoms with Crippen LogP contribution in [0.5, 0.6) is 5.75 Å². The maximum atomic E-state index is 9.49. The fourth-order valence-corrected chi connectivity index (χ4v) is 5.51. The van der Waals surface area contributed by atoms with E-state index in [1.165, 1.54) is 80.9 Å². The molecule has 1 fully saturated rings. The molecule has 1 unspecified atom stereocenters. The van der Waals surface area contributed by atoms with Crippen molar-refractivity contribution in [3.63, 3.8) is 0 Å². The Morgan fingerprint density at radius 2 is 1.35 bits per heavy atom. The molecular formula is C32H45NO. The molecule has 3 rings (SSSR count). The molecule has 1 aliphatic carbocycles. The second-order valence-corrected chi connectivity index (χ2v) is 10.3. The highest BCUT2D eigenvalue weighted by molar-refractivity contribution is 5.64. The van der Waals surface area contributed by atoms with Gasteiger partial charge in [-0.15, -0.1) is 0 Å². The molecule has 1 saturated carbocycles. The largest absolute Gasteiger partial charge is 0.494 e. The van der Waals surface area contributed by atoms with Gasteiger partial charge in [-0.25, -0.2) is 0 Å². The first-order valence-electron chi connectivity index (χ1n) is 14.0. The van der Waals surface area contributed by atoms with Crippen LogP contribution >= 0.6 is 0 Å². The van der Waals surface area contributed by atoms with Crippen LogP contribution in [-0.4, -0.2) is 6.61 Å². The molecular weight excluding hydrogens is 414 g/mol. The molecule has 0 radical (unpaired) electrons. The predicted molar refractivity (Wildman–Crippen MR) is 144 cm³/mol. The summed E-state index contributed by atoms with van der Waals surface area (Å²) in [5, 5.41) is 9.49. The van der Waals surface area contributed by atoms with Crippen LogP contribution in [0.2, 0.25) is 0 Å². The number of rotatable bonds is 14. The van der Waals surface area contributed by atoms with Crippen molar-refractivity contribution in [2.75, 3.05) is 6.61 Å². The van der Waals surface area contributed by atoms with E-state index >= 15 is 0 Å². The summed E-state index contributed by atoms with van der Waals surface area (Å²) in [6, 6.07) is 20.3. The van der Waals surface area contributed by atoms with Gasteiger partial charge in [0.1, 0.15) is 5.75 Å². The SMILES string of the molecule is CCCCCCCCCOc1ccc(-c2ccc([C@H]3CC[C@H](C(C#N)CCC)CC3)cc2)cc1. The fourth-order valence-electron chi connectivity index (χ4n) is 5.51. The monoisotopic (exact) mass is 459 g/mol. The van der Waals surface area contributed by atoms with Crippen molar-refractivity contribution in [2.45, 2.75) is 103 Å². The Labute approximate surface area is 208 Å². The van der Waals surface area contributed by atoms with Gasteiger partial charge in [-0.3, -0.25) is 0 Å². The van der Waals surface area contributed by atoms with Gasteiger partial charge in [0.05, 0.1) is 12.7 Å². The van der Waals surface area contributed by atoms with Gasteiger partial charge in [0.2, 0.25) is 0 Å². The Balaban J connectivity index is 1.42.